The van der Waals surface area contributed by atoms with Gasteiger partial charge in [-0.3, -0.25) is 0 Å². The Balaban J connectivity index is 1.40. The number of aryl methyl sites for hydroxylation is 3. The van der Waals surface area contributed by atoms with Crippen molar-refractivity contribution in [1.82, 2.24) is 24.8 Å². The van der Waals surface area contributed by atoms with E-state index in [0.717, 1.165) is 56.0 Å². The number of hydrogen-bond acceptors (Lipinski definition) is 6. The molecule has 170 valence electrons. The molecule has 0 fully saturated rings. The Morgan fingerprint density at radius 2 is 1.97 bits per heavy atom. The van der Waals surface area contributed by atoms with Gasteiger partial charge in [-0.2, -0.15) is 0 Å². The van der Waals surface area contributed by atoms with Gasteiger partial charge in [-0.05, 0) is 56.6 Å². The van der Waals surface area contributed by atoms with E-state index in [-0.39, 0.29) is 0 Å². The summed E-state index contributed by atoms with van der Waals surface area (Å²) in [6, 6.07) is 7.52. The number of unbranched alkanes of at least 4 members (excludes halogenated alkanes) is 1. The number of methoxy groups -OCH3 is 1. The van der Waals surface area contributed by atoms with Crippen LogP contribution < -0.4 is 20.1 Å². The Morgan fingerprint density at radius 3 is 2.72 bits per heavy atom. The Morgan fingerprint density at radius 1 is 1.12 bits per heavy atom. The van der Waals surface area contributed by atoms with E-state index in [1.54, 1.807) is 19.5 Å². The molecular formula is C23H30N6O2S. The number of aromatic nitrogens is 4. The standard InChI is InChI=1S/C23H30N6O2S/c1-18-16-24-17-29(18)13-6-12-27-23(32)28-19-8-9-20(30-2)21(15-19)31-14-4-3-7-22-25-10-5-11-26-22/h5,8-11,15-17H,3-4,6-7,12-14H2,1-2H3,(H2,27,28,32). The fourth-order valence-electron chi connectivity index (χ4n) is 3.14. The van der Waals surface area contributed by atoms with E-state index in [4.69, 9.17) is 21.7 Å². The van der Waals surface area contributed by atoms with Crippen LogP contribution in [-0.4, -0.2) is 44.9 Å². The molecule has 0 aliphatic rings. The predicted molar refractivity (Wildman–Crippen MR) is 129 cm³/mol. The Hall–Kier alpha value is -3.20. The van der Waals surface area contributed by atoms with E-state index in [0.29, 0.717) is 23.2 Å². The van der Waals surface area contributed by atoms with Crippen molar-refractivity contribution in [1.29, 1.82) is 0 Å². The third-order valence-electron chi connectivity index (χ3n) is 4.87. The molecule has 0 saturated heterocycles. The molecule has 3 rings (SSSR count). The summed E-state index contributed by atoms with van der Waals surface area (Å²) < 4.78 is 13.5. The Kier molecular flexibility index (Phi) is 9.24. The van der Waals surface area contributed by atoms with Gasteiger partial charge in [0.25, 0.3) is 0 Å². The van der Waals surface area contributed by atoms with Crippen molar-refractivity contribution in [2.75, 3.05) is 25.6 Å². The van der Waals surface area contributed by atoms with Crippen molar-refractivity contribution in [3.05, 3.63) is 60.7 Å². The fraction of sp³-hybridized carbons (Fsp3) is 0.391. The summed E-state index contributed by atoms with van der Waals surface area (Å²) in [7, 11) is 1.64. The molecule has 9 heteroatoms. The molecule has 2 N–H and O–H groups in total. The molecule has 8 nitrogen and oxygen atoms in total. The van der Waals surface area contributed by atoms with Crippen molar-refractivity contribution < 1.29 is 9.47 Å². The molecule has 0 atom stereocenters. The summed E-state index contributed by atoms with van der Waals surface area (Å²) in [6.07, 6.45) is 10.9. The van der Waals surface area contributed by atoms with Crippen LogP contribution in [0, 0.1) is 6.92 Å². The zero-order valence-corrected chi connectivity index (χ0v) is 19.4. The molecule has 2 heterocycles. The maximum Gasteiger partial charge on any atom is 0.170 e. The van der Waals surface area contributed by atoms with Crippen LogP contribution in [0.1, 0.15) is 30.8 Å². The number of nitrogens with zero attached hydrogens (tertiary/aromatic N) is 4. The number of nitrogens with one attached hydrogen (secondary N) is 2. The van der Waals surface area contributed by atoms with Crippen LogP contribution in [0.5, 0.6) is 11.5 Å². The van der Waals surface area contributed by atoms with E-state index >= 15 is 0 Å². The largest absolute Gasteiger partial charge is 0.493 e. The van der Waals surface area contributed by atoms with Crippen molar-refractivity contribution in [2.45, 2.75) is 39.2 Å². The molecule has 0 amide bonds. The molecular weight excluding hydrogens is 424 g/mol. The van der Waals surface area contributed by atoms with Gasteiger partial charge in [-0.1, -0.05) is 0 Å². The summed E-state index contributed by atoms with van der Waals surface area (Å²) in [4.78, 5) is 12.6. The number of ether oxygens (including phenoxy) is 2. The zero-order valence-electron chi connectivity index (χ0n) is 18.6. The summed E-state index contributed by atoms with van der Waals surface area (Å²) in [6.45, 7) is 4.31. The lowest BCUT2D eigenvalue weighted by Crippen LogP contribution is -2.29. The van der Waals surface area contributed by atoms with Gasteiger partial charge in [-0.25, -0.2) is 15.0 Å². The van der Waals surface area contributed by atoms with Crippen LogP contribution in [0.2, 0.25) is 0 Å². The minimum Gasteiger partial charge on any atom is -0.493 e. The average molecular weight is 455 g/mol. The third kappa shape index (κ3) is 7.49. The number of anilines is 1. The minimum absolute atomic E-state index is 0.575. The SMILES string of the molecule is COc1ccc(NC(=S)NCCCn2cncc2C)cc1OCCCCc1ncccn1. The first-order chi connectivity index (χ1) is 15.7. The lowest BCUT2D eigenvalue weighted by atomic mass is 10.2. The van der Waals surface area contributed by atoms with E-state index < -0.39 is 0 Å². The normalized spacial score (nSPS) is 10.6. The highest BCUT2D eigenvalue weighted by Crippen LogP contribution is 2.30. The highest BCUT2D eigenvalue weighted by molar-refractivity contribution is 7.80. The van der Waals surface area contributed by atoms with Crippen molar-refractivity contribution >= 4 is 23.0 Å². The highest BCUT2D eigenvalue weighted by atomic mass is 32.1. The van der Waals surface area contributed by atoms with Gasteiger partial charge in [0.15, 0.2) is 16.6 Å². The van der Waals surface area contributed by atoms with Crippen LogP contribution in [-0.2, 0) is 13.0 Å². The molecule has 0 aliphatic heterocycles. The van der Waals surface area contributed by atoms with E-state index in [1.807, 2.05) is 43.7 Å². The molecule has 32 heavy (non-hydrogen) atoms. The third-order valence-corrected chi connectivity index (χ3v) is 5.12. The summed E-state index contributed by atoms with van der Waals surface area (Å²) in [5.74, 6) is 2.24. The lowest BCUT2D eigenvalue weighted by molar-refractivity contribution is 0.286. The molecule has 0 aliphatic carbocycles. The van der Waals surface area contributed by atoms with Crippen LogP contribution in [0.15, 0.2) is 49.2 Å². The first-order valence-electron chi connectivity index (χ1n) is 10.7. The van der Waals surface area contributed by atoms with Gasteiger partial charge < -0.3 is 24.7 Å². The van der Waals surface area contributed by atoms with Crippen LogP contribution in [0.25, 0.3) is 0 Å². The van der Waals surface area contributed by atoms with Gasteiger partial charge in [0.2, 0.25) is 0 Å². The lowest BCUT2D eigenvalue weighted by Gasteiger charge is -2.15. The Bertz CT molecular complexity index is 980. The van der Waals surface area contributed by atoms with Gasteiger partial charge in [0.1, 0.15) is 5.82 Å². The van der Waals surface area contributed by atoms with Crippen LogP contribution in [0.3, 0.4) is 0 Å². The van der Waals surface area contributed by atoms with Crippen molar-refractivity contribution in [2.24, 2.45) is 0 Å². The zero-order chi connectivity index (χ0) is 22.6. The van der Waals surface area contributed by atoms with E-state index in [1.165, 1.54) is 0 Å². The second-order valence-corrected chi connectivity index (χ2v) is 7.71. The molecule has 2 aromatic heterocycles. The number of hydrogen-bond donors (Lipinski definition) is 2. The highest BCUT2D eigenvalue weighted by Gasteiger charge is 2.07. The number of thiocarbonyl (C=S) groups is 1. The molecule has 0 radical (unpaired) electrons. The van der Waals surface area contributed by atoms with Crippen molar-refractivity contribution in [3.8, 4) is 11.5 Å². The monoisotopic (exact) mass is 454 g/mol. The number of rotatable bonds is 12. The van der Waals surface area contributed by atoms with Gasteiger partial charge >= 0.3 is 0 Å². The van der Waals surface area contributed by atoms with Crippen LogP contribution >= 0.6 is 12.2 Å². The molecule has 0 saturated carbocycles. The number of imidazole rings is 1. The Labute approximate surface area is 194 Å². The molecule has 1 aromatic carbocycles. The van der Waals surface area contributed by atoms with Gasteiger partial charge in [-0.15, -0.1) is 0 Å². The minimum atomic E-state index is 0.575. The first-order valence-corrected chi connectivity index (χ1v) is 11.1. The van der Waals surface area contributed by atoms with Crippen LogP contribution in [0.4, 0.5) is 5.69 Å². The second kappa shape index (κ2) is 12.6. The van der Waals surface area contributed by atoms with Crippen molar-refractivity contribution in [3.63, 3.8) is 0 Å². The maximum absolute atomic E-state index is 5.96. The maximum atomic E-state index is 5.96. The van der Waals surface area contributed by atoms with E-state index in [2.05, 4.69) is 30.2 Å². The summed E-state index contributed by atoms with van der Waals surface area (Å²) >= 11 is 5.42. The fourth-order valence-corrected chi connectivity index (χ4v) is 3.36. The quantitative estimate of drug-likeness (QED) is 0.316. The average Bonchev–Trinajstić information content (AvgIpc) is 3.22. The molecule has 0 bridgehead atoms. The predicted octanol–water partition coefficient (Wildman–Crippen LogP) is 3.77. The topological polar surface area (TPSA) is 86.1 Å². The van der Waals surface area contributed by atoms with Gasteiger partial charge in [0, 0.05) is 55.5 Å². The molecule has 0 unspecified atom stereocenters. The molecule has 3 aromatic rings. The summed E-state index contributed by atoms with van der Waals surface area (Å²) in [5, 5.41) is 7.03. The smallest absolute Gasteiger partial charge is 0.170 e. The van der Waals surface area contributed by atoms with E-state index in [9.17, 15) is 0 Å². The second-order valence-electron chi connectivity index (χ2n) is 7.30. The summed E-state index contributed by atoms with van der Waals surface area (Å²) in [5.41, 5.74) is 2.01. The molecule has 0 spiro atoms. The first kappa shape index (κ1) is 23.5. The number of benzene rings is 1. The van der Waals surface area contributed by atoms with Gasteiger partial charge in [0.05, 0.1) is 20.0 Å².